The number of amides is 1. The first kappa shape index (κ1) is 17.5. The van der Waals surface area contributed by atoms with Gasteiger partial charge in [-0.3, -0.25) is 9.69 Å². The Morgan fingerprint density at radius 2 is 1.79 bits per heavy atom. The van der Waals surface area contributed by atoms with Gasteiger partial charge in [0.1, 0.15) is 0 Å². The van der Waals surface area contributed by atoms with Gasteiger partial charge >= 0.3 is 0 Å². The number of allylic oxidation sites excluding steroid dienone is 1. The van der Waals surface area contributed by atoms with Crippen molar-refractivity contribution in [3.05, 3.63) is 46.5 Å². The number of nitrogens with zero attached hydrogens (tertiary/aromatic N) is 2. The summed E-state index contributed by atoms with van der Waals surface area (Å²) in [7, 11) is 0. The van der Waals surface area contributed by atoms with E-state index in [1.807, 2.05) is 29.2 Å². The van der Waals surface area contributed by atoms with Crippen molar-refractivity contribution in [3.8, 4) is 0 Å². The summed E-state index contributed by atoms with van der Waals surface area (Å²) in [6.45, 7) is 4.85. The van der Waals surface area contributed by atoms with Gasteiger partial charge in [0.25, 0.3) is 0 Å². The summed E-state index contributed by atoms with van der Waals surface area (Å²) < 4.78 is 0. The van der Waals surface area contributed by atoms with Crippen LogP contribution in [0.5, 0.6) is 0 Å². The topological polar surface area (TPSA) is 23.6 Å². The van der Waals surface area contributed by atoms with Crippen LogP contribution in [0.2, 0.25) is 5.02 Å². The number of rotatable bonds is 5. The van der Waals surface area contributed by atoms with Crippen molar-refractivity contribution in [3.63, 3.8) is 0 Å². The monoisotopic (exact) mass is 346 g/mol. The Hall–Kier alpha value is -1.32. The van der Waals surface area contributed by atoms with Crippen LogP contribution in [0.3, 0.4) is 0 Å². The Labute approximate surface area is 150 Å². The van der Waals surface area contributed by atoms with Gasteiger partial charge in [-0.1, -0.05) is 35.4 Å². The molecule has 1 aromatic carbocycles. The van der Waals surface area contributed by atoms with Crippen molar-refractivity contribution in [1.29, 1.82) is 0 Å². The van der Waals surface area contributed by atoms with E-state index in [0.717, 1.165) is 38.3 Å². The van der Waals surface area contributed by atoms with Crippen LogP contribution < -0.4 is 0 Å². The number of benzene rings is 1. The molecular formula is C20H27ClN2O. The lowest BCUT2D eigenvalue weighted by Crippen LogP contribution is -2.49. The van der Waals surface area contributed by atoms with Gasteiger partial charge in [-0.15, -0.1) is 0 Å². The maximum Gasteiger partial charge on any atom is 0.227 e. The first-order valence-electron chi connectivity index (χ1n) is 9.13. The van der Waals surface area contributed by atoms with E-state index in [2.05, 4.69) is 11.0 Å². The molecule has 3 rings (SSSR count). The summed E-state index contributed by atoms with van der Waals surface area (Å²) in [5.41, 5.74) is 2.68. The van der Waals surface area contributed by atoms with Gasteiger partial charge in [0.2, 0.25) is 5.91 Å². The van der Waals surface area contributed by atoms with Gasteiger partial charge in [-0.05, 0) is 49.8 Å². The molecule has 0 spiro atoms. The van der Waals surface area contributed by atoms with Crippen molar-refractivity contribution in [2.24, 2.45) is 0 Å². The van der Waals surface area contributed by atoms with Crippen molar-refractivity contribution < 1.29 is 4.79 Å². The van der Waals surface area contributed by atoms with Gasteiger partial charge in [-0.25, -0.2) is 0 Å². The maximum absolute atomic E-state index is 12.4. The normalized spacial score (nSPS) is 19.2. The van der Waals surface area contributed by atoms with Crippen molar-refractivity contribution in [2.75, 3.05) is 32.7 Å². The Morgan fingerprint density at radius 1 is 1.04 bits per heavy atom. The van der Waals surface area contributed by atoms with Crippen LogP contribution in [0.1, 0.15) is 37.7 Å². The van der Waals surface area contributed by atoms with Crippen LogP contribution in [0.25, 0.3) is 0 Å². The van der Waals surface area contributed by atoms with E-state index in [4.69, 9.17) is 11.6 Å². The molecule has 1 heterocycles. The van der Waals surface area contributed by atoms with Gasteiger partial charge in [0.15, 0.2) is 0 Å². The second kappa shape index (κ2) is 8.68. The minimum atomic E-state index is 0.229. The highest BCUT2D eigenvalue weighted by Gasteiger charge is 2.21. The van der Waals surface area contributed by atoms with Gasteiger partial charge in [-0.2, -0.15) is 0 Å². The van der Waals surface area contributed by atoms with E-state index in [0.29, 0.717) is 11.4 Å². The molecule has 1 aromatic rings. The van der Waals surface area contributed by atoms with Crippen LogP contribution in [0, 0.1) is 0 Å². The lowest BCUT2D eigenvalue weighted by atomic mass is 9.97. The average Bonchev–Trinajstić information content (AvgIpc) is 2.63. The van der Waals surface area contributed by atoms with Gasteiger partial charge < -0.3 is 4.90 Å². The second-order valence-corrected chi connectivity index (χ2v) is 7.32. The Morgan fingerprint density at radius 3 is 2.46 bits per heavy atom. The molecule has 0 radical (unpaired) electrons. The minimum Gasteiger partial charge on any atom is -0.340 e. The fourth-order valence-corrected chi connectivity index (χ4v) is 3.67. The maximum atomic E-state index is 12.4. The Balaban J connectivity index is 1.40. The number of carbonyl (C=O) groups excluding carboxylic acids is 1. The highest BCUT2D eigenvalue weighted by atomic mass is 35.5. The molecule has 1 fully saturated rings. The number of halogens is 1. The summed E-state index contributed by atoms with van der Waals surface area (Å²) in [6, 6.07) is 7.58. The van der Waals surface area contributed by atoms with Crippen LogP contribution in [0.4, 0.5) is 0 Å². The van der Waals surface area contributed by atoms with Gasteiger partial charge in [0.05, 0.1) is 6.42 Å². The van der Waals surface area contributed by atoms with Crippen LogP contribution >= 0.6 is 11.6 Å². The lowest BCUT2D eigenvalue weighted by molar-refractivity contribution is -0.132. The van der Waals surface area contributed by atoms with Crippen LogP contribution in [-0.4, -0.2) is 48.4 Å². The SMILES string of the molecule is O=C(Cc1ccc(Cl)cc1)N1CCN(CCC2=CCCCC2)CC1. The summed E-state index contributed by atoms with van der Waals surface area (Å²) >= 11 is 5.89. The molecule has 0 unspecified atom stereocenters. The third kappa shape index (κ3) is 5.09. The largest absolute Gasteiger partial charge is 0.340 e. The third-order valence-electron chi connectivity index (χ3n) is 5.13. The number of carbonyl (C=O) groups is 1. The van der Waals surface area contributed by atoms with Crippen molar-refractivity contribution in [1.82, 2.24) is 9.80 Å². The molecule has 24 heavy (non-hydrogen) atoms. The predicted molar refractivity (Wildman–Crippen MR) is 99.3 cm³/mol. The van der Waals surface area contributed by atoms with E-state index in [9.17, 15) is 4.79 Å². The lowest BCUT2D eigenvalue weighted by Gasteiger charge is -2.35. The van der Waals surface area contributed by atoms with Crippen LogP contribution in [-0.2, 0) is 11.2 Å². The molecule has 0 atom stereocenters. The molecule has 1 aliphatic heterocycles. The zero-order valence-electron chi connectivity index (χ0n) is 14.3. The first-order valence-corrected chi connectivity index (χ1v) is 9.51. The van der Waals surface area contributed by atoms with Crippen molar-refractivity contribution in [2.45, 2.75) is 38.5 Å². The summed E-state index contributed by atoms with van der Waals surface area (Å²) in [5, 5.41) is 0.716. The standard InChI is InChI=1S/C20H27ClN2O/c21-19-8-6-18(7-9-19)16-20(24)23-14-12-22(13-15-23)11-10-17-4-2-1-3-5-17/h4,6-9H,1-3,5,10-16H2. The number of piperazine rings is 1. The molecule has 3 nitrogen and oxygen atoms in total. The third-order valence-corrected chi connectivity index (χ3v) is 5.38. The quantitative estimate of drug-likeness (QED) is 0.754. The van der Waals surface area contributed by atoms with Crippen LogP contribution in [0.15, 0.2) is 35.9 Å². The molecule has 1 aliphatic carbocycles. The molecule has 0 aromatic heterocycles. The first-order chi connectivity index (χ1) is 11.7. The fourth-order valence-electron chi connectivity index (χ4n) is 3.54. The molecule has 4 heteroatoms. The van der Waals surface area contributed by atoms with Gasteiger partial charge in [0, 0.05) is 37.7 Å². The zero-order valence-corrected chi connectivity index (χ0v) is 15.1. The molecule has 2 aliphatic rings. The second-order valence-electron chi connectivity index (χ2n) is 6.88. The molecular weight excluding hydrogens is 320 g/mol. The van der Waals surface area contributed by atoms with E-state index < -0.39 is 0 Å². The predicted octanol–water partition coefficient (Wildman–Crippen LogP) is 3.92. The molecule has 0 bridgehead atoms. The summed E-state index contributed by atoms with van der Waals surface area (Å²) in [6.07, 6.45) is 9.40. The Bertz CT molecular complexity index is 574. The molecule has 1 amide bonds. The fraction of sp³-hybridized carbons (Fsp3) is 0.550. The van der Waals surface area contributed by atoms with E-state index in [1.165, 1.54) is 32.1 Å². The average molecular weight is 347 g/mol. The molecule has 0 saturated carbocycles. The van der Waals surface area contributed by atoms with Crippen molar-refractivity contribution >= 4 is 17.5 Å². The molecule has 130 valence electrons. The summed E-state index contributed by atoms with van der Waals surface area (Å²) in [5.74, 6) is 0.229. The van der Waals surface area contributed by atoms with E-state index in [-0.39, 0.29) is 5.91 Å². The number of hydrogen-bond donors (Lipinski definition) is 0. The minimum absolute atomic E-state index is 0.229. The highest BCUT2D eigenvalue weighted by molar-refractivity contribution is 6.30. The smallest absolute Gasteiger partial charge is 0.227 e. The summed E-state index contributed by atoms with van der Waals surface area (Å²) in [4.78, 5) is 16.9. The molecule has 1 saturated heterocycles. The van der Waals surface area contributed by atoms with E-state index >= 15 is 0 Å². The Kier molecular flexibility index (Phi) is 6.33. The number of hydrogen-bond acceptors (Lipinski definition) is 2. The zero-order chi connectivity index (χ0) is 16.8. The molecule has 0 N–H and O–H groups in total. The highest BCUT2D eigenvalue weighted by Crippen LogP contribution is 2.20. The van der Waals surface area contributed by atoms with E-state index in [1.54, 1.807) is 5.57 Å².